The summed E-state index contributed by atoms with van der Waals surface area (Å²) in [6.07, 6.45) is 0. The molecular formula is C13H7Cl3F2O. The summed E-state index contributed by atoms with van der Waals surface area (Å²) in [5, 5.41) is 0.560. The highest BCUT2D eigenvalue weighted by molar-refractivity contribution is 6.42. The van der Waals surface area contributed by atoms with Gasteiger partial charge in [0, 0.05) is 11.9 Å². The molecule has 0 saturated carbocycles. The van der Waals surface area contributed by atoms with Crippen LogP contribution in [0.25, 0.3) is 0 Å². The number of rotatable bonds is 3. The van der Waals surface area contributed by atoms with Crippen LogP contribution in [0.2, 0.25) is 10.0 Å². The smallest absolute Gasteiger partial charge is 0.198 e. The Labute approximate surface area is 123 Å². The van der Waals surface area contributed by atoms with Gasteiger partial charge in [-0.15, -0.1) is 11.6 Å². The van der Waals surface area contributed by atoms with Crippen LogP contribution in [0.5, 0.6) is 11.5 Å². The Balaban J connectivity index is 2.35. The molecule has 0 aliphatic heterocycles. The molecule has 19 heavy (non-hydrogen) atoms. The predicted molar refractivity (Wildman–Crippen MR) is 72.5 cm³/mol. The minimum Gasteiger partial charge on any atom is -0.451 e. The number of ether oxygens (including phenoxy) is 1. The number of hydrogen-bond donors (Lipinski definition) is 0. The minimum atomic E-state index is -0.832. The van der Waals surface area contributed by atoms with Crippen molar-refractivity contribution in [3.05, 3.63) is 57.6 Å². The van der Waals surface area contributed by atoms with Gasteiger partial charge in [0.2, 0.25) is 0 Å². The second-order valence-corrected chi connectivity index (χ2v) is 4.78. The molecule has 0 aliphatic rings. The largest absolute Gasteiger partial charge is 0.451 e. The molecule has 0 amide bonds. The van der Waals surface area contributed by atoms with E-state index in [4.69, 9.17) is 39.5 Å². The highest BCUT2D eigenvalue weighted by atomic mass is 35.5. The van der Waals surface area contributed by atoms with Crippen molar-refractivity contribution in [1.82, 2.24) is 0 Å². The number of halogens is 5. The molecule has 1 nitrogen and oxygen atoms in total. The number of hydrogen-bond acceptors (Lipinski definition) is 1. The van der Waals surface area contributed by atoms with Gasteiger partial charge in [0.25, 0.3) is 0 Å². The monoisotopic (exact) mass is 322 g/mol. The van der Waals surface area contributed by atoms with Crippen molar-refractivity contribution >= 4 is 34.8 Å². The van der Waals surface area contributed by atoms with E-state index in [0.717, 1.165) is 12.1 Å². The maximum Gasteiger partial charge on any atom is 0.198 e. The van der Waals surface area contributed by atoms with Gasteiger partial charge in [0.05, 0.1) is 10.0 Å². The predicted octanol–water partition coefficient (Wildman–Crippen LogP) is 5.80. The van der Waals surface area contributed by atoms with E-state index in [9.17, 15) is 8.78 Å². The lowest BCUT2D eigenvalue weighted by Crippen LogP contribution is -1.95. The summed E-state index contributed by atoms with van der Waals surface area (Å²) >= 11 is 17.0. The van der Waals surface area contributed by atoms with Crippen LogP contribution in [0, 0.1) is 11.6 Å². The van der Waals surface area contributed by atoms with Gasteiger partial charge in [0.1, 0.15) is 5.75 Å². The van der Waals surface area contributed by atoms with Gasteiger partial charge in [-0.2, -0.15) is 0 Å². The topological polar surface area (TPSA) is 9.23 Å². The molecule has 0 bridgehead atoms. The fourth-order valence-corrected chi connectivity index (χ4v) is 1.89. The minimum absolute atomic E-state index is 0.0148. The first kappa shape index (κ1) is 14.4. The van der Waals surface area contributed by atoms with Gasteiger partial charge in [-0.3, -0.25) is 0 Å². The summed E-state index contributed by atoms with van der Waals surface area (Å²) in [6.45, 7) is 0. The van der Waals surface area contributed by atoms with Crippen LogP contribution in [0.15, 0.2) is 30.3 Å². The summed E-state index contributed by atoms with van der Waals surface area (Å²) in [6, 6.07) is 6.54. The van der Waals surface area contributed by atoms with E-state index in [1.165, 1.54) is 18.2 Å². The Bertz CT molecular complexity index is 594. The van der Waals surface area contributed by atoms with Gasteiger partial charge in [-0.05, 0) is 29.8 Å². The summed E-state index contributed by atoms with van der Waals surface area (Å²) in [5.74, 6) is -1.97. The first-order chi connectivity index (χ1) is 9.01. The molecule has 0 spiro atoms. The molecule has 0 atom stereocenters. The Morgan fingerprint density at radius 2 is 1.58 bits per heavy atom. The fourth-order valence-electron chi connectivity index (χ4n) is 1.45. The normalized spacial score (nSPS) is 10.6. The molecule has 0 radical (unpaired) electrons. The SMILES string of the molecule is Fc1cc(CCl)cc(F)c1Oc1ccc(Cl)c(Cl)c1. The molecule has 2 rings (SSSR count). The number of alkyl halides is 1. The molecule has 0 aliphatic carbocycles. The number of benzene rings is 2. The first-order valence-corrected chi connectivity index (χ1v) is 6.47. The second-order valence-electron chi connectivity index (χ2n) is 3.70. The van der Waals surface area contributed by atoms with Crippen LogP contribution < -0.4 is 4.74 Å². The highest BCUT2D eigenvalue weighted by Gasteiger charge is 2.14. The van der Waals surface area contributed by atoms with E-state index in [2.05, 4.69) is 0 Å². The molecule has 0 N–H and O–H groups in total. The van der Waals surface area contributed by atoms with E-state index < -0.39 is 17.4 Å². The van der Waals surface area contributed by atoms with Gasteiger partial charge in [0.15, 0.2) is 17.4 Å². The Hall–Kier alpha value is -1.03. The van der Waals surface area contributed by atoms with E-state index in [0.29, 0.717) is 10.6 Å². The van der Waals surface area contributed by atoms with Crippen molar-refractivity contribution in [3.63, 3.8) is 0 Å². The standard InChI is InChI=1S/C13H7Cl3F2O/c14-6-7-3-11(17)13(12(18)4-7)19-8-1-2-9(15)10(16)5-8/h1-5H,6H2. The molecule has 6 heteroatoms. The molecule has 0 aromatic heterocycles. The van der Waals surface area contributed by atoms with E-state index in [1.54, 1.807) is 0 Å². The molecule has 100 valence electrons. The Kier molecular flexibility index (Phi) is 4.50. The molecule has 2 aromatic carbocycles. The molecule has 2 aromatic rings. The van der Waals surface area contributed by atoms with Crippen molar-refractivity contribution in [2.75, 3.05) is 0 Å². The Morgan fingerprint density at radius 1 is 0.947 bits per heavy atom. The van der Waals surface area contributed by atoms with Crippen LogP contribution in [0.1, 0.15) is 5.56 Å². The van der Waals surface area contributed by atoms with Crippen LogP contribution in [-0.4, -0.2) is 0 Å². The van der Waals surface area contributed by atoms with Crippen molar-refractivity contribution in [2.45, 2.75) is 5.88 Å². The maximum absolute atomic E-state index is 13.7. The molecule has 0 fully saturated rings. The lowest BCUT2D eigenvalue weighted by Gasteiger charge is -2.09. The van der Waals surface area contributed by atoms with Gasteiger partial charge in [-0.25, -0.2) is 8.78 Å². The molecule has 0 saturated heterocycles. The lowest BCUT2D eigenvalue weighted by molar-refractivity contribution is 0.407. The van der Waals surface area contributed by atoms with E-state index in [-0.39, 0.29) is 16.7 Å². The third-order valence-corrected chi connectivity index (χ3v) is 3.37. The zero-order chi connectivity index (χ0) is 14.0. The van der Waals surface area contributed by atoms with Crippen LogP contribution in [0.3, 0.4) is 0 Å². The van der Waals surface area contributed by atoms with E-state index in [1.807, 2.05) is 0 Å². The van der Waals surface area contributed by atoms with Crippen molar-refractivity contribution in [2.24, 2.45) is 0 Å². The van der Waals surface area contributed by atoms with Crippen LogP contribution in [-0.2, 0) is 5.88 Å². The zero-order valence-electron chi connectivity index (χ0n) is 9.39. The lowest BCUT2D eigenvalue weighted by atomic mass is 10.2. The summed E-state index contributed by atoms with van der Waals surface area (Å²) < 4.78 is 32.5. The first-order valence-electron chi connectivity index (χ1n) is 5.18. The summed E-state index contributed by atoms with van der Waals surface area (Å²) in [7, 11) is 0. The van der Waals surface area contributed by atoms with Crippen LogP contribution >= 0.6 is 34.8 Å². The van der Waals surface area contributed by atoms with Crippen molar-refractivity contribution in [1.29, 1.82) is 0 Å². The summed E-state index contributed by atoms with van der Waals surface area (Å²) in [5.41, 5.74) is 0.332. The average molecular weight is 324 g/mol. The Morgan fingerprint density at radius 3 is 2.11 bits per heavy atom. The third kappa shape index (κ3) is 3.30. The highest BCUT2D eigenvalue weighted by Crippen LogP contribution is 2.32. The van der Waals surface area contributed by atoms with Gasteiger partial charge >= 0.3 is 0 Å². The quantitative estimate of drug-likeness (QED) is 0.648. The van der Waals surface area contributed by atoms with Crippen molar-refractivity contribution in [3.8, 4) is 11.5 Å². The summed E-state index contributed by atoms with van der Waals surface area (Å²) in [4.78, 5) is 0. The zero-order valence-corrected chi connectivity index (χ0v) is 11.7. The van der Waals surface area contributed by atoms with Crippen molar-refractivity contribution < 1.29 is 13.5 Å². The average Bonchev–Trinajstić information content (AvgIpc) is 2.37. The van der Waals surface area contributed by atoms with Gasteiger partial charge < -0.3 is 4.74 Å². The molecule has 0 heterocycles. The second kappa shape index (κ2) is 5.95. The van der Waals surface area contributed by atoms with E-state index >= 15 is 0 Å². The molecular weight excluding hydrogens is 316 g/mol. The third-order valence-electron chi connectivity index (χ3n) is 2.32. The van der Waals surface area contributed by atoms with Gasteiger partial charge in [-0.1, -0.05) is 23.2 Å². The van der Waals surface area contributed by atoms with Crippen LogP contribution in [0.4, 0.5) is 8.78 Å². The molecule has 0 unspecified atom stereocenters. The fraction of sp³-hybridized carbons (Fsp3) is 0.0769. The maximum atomic E-state index is 13.7.